The Morgan fingerprint density at radius 2 is 2.00 bits per heavy atom. The molecule has 0 amide bonds. The van der Waals surface area contributed by atoms with Crippen LogP contribution >= 0.6 is 0 Å². The van der Waals surface area contributed by atoms with E-state index in [1.807, 2.05) is 43.3 Å². The molecule has 2 rings (SSSR count). The van der Waals surface area contributed by atoms with E-state index in [1.54, 1.807) is 12.4 Å². The monoisotopic (exact) mass is 270 g/mol. The molecule has 1 aromatic carbocycles. The van der Waals surface area contributed by atoms with Gasteiger partial charge in [-0.25, -0.2) is 4.21 Å². The maximum absolute atomic E-state index is 12.4. The summed E-state index contributed by atoms with van der Waals surface area (Å²) in [5.41, 5.74) is 0.948. The van der Waals surface area contributed by atoms with Gasteiger partial charge in [0.2, 0.25) is 0 Å². The van der Waals surface area contributed by atoms with Gasteiger partial charge in [-0.15, -0.1) is 0 Å². The van der Waals surface area contributed by atoms with E-state index in [0.29, 0.717) is 11.3 Å². The molecule has 0 aliphatic heterocycles. The first-order valence-corrected chi connectivity index (χ1v) is 7.16. The molecule has 0 radical (unpaired) electrons. The summed E-state index contributed by atoms with van der Waals surface area (Å²) in [4.78, 5) is 5.57. The highest BCUT2D eigenvalue weighted by Gasteiger charge is 2.11. The van der Waals surface area contributed by atoms with Gasteiger partial charge in [-0.2, -0.15) is 5.26 Å². The molecule has 4 heteroatoms. The average Bonchev–Trinajstić information content (AvgIpc) is 2.48. The van der Waals surface area contributed by atoms with Crippen molar-refractivity contribution in [2.75, 3.05) is 0 Å². The Balaban J connectivity index is 2.29. The normalized spacial score (nSPS) is 13.5. The van der Waals surface area contributed by atoms with Gasteiger partial charge in [-0.05, 0) is 29.7 Å². The average molecular weight is 270 g/mol. The number of hydrogen-bond acceptors (Lipinski definition) is 3. The van der Waals surface area contributed by atoms with Crippen molar-refractivity contribution in [1.29, 1.82) is 5.26 Å². The van der Waals surface area contributed by atoms with Crippen molar-refractivity contribution >= 4 is 10.8 Å². The van der Waals surface area contributed by atoms with Crippen LogP contribution in [0.15, 0.2) is 58.6 Å². The predicted molar refractivity (Wildman–Crippen MR) is 74.0 cm³/mol. The SMILES string of the molecule is CC(CC#N)c1cncc(S(=O)c2ccccc2)c1. The highest BCUT2D eigenvalue weighted by Crippen LogP contribution is 2.22. The summed E-state index contributed by atoms with van der Waals surface area (Å²) >= 11 is 0. The molecular formula is C15H14N2OS. The molecule has 0 aliphatic carbocycles. The maximum Gasteiger partial charge on any atom is 0.0865 e. The smallest absolute Gasteiger partial charge is 0.0865 e. The maximum atomic E-state index is 12.4. The summed E-state index contributed by atoms with van der Waals surface area (Å²) in [5.74, 6) is 0.102. The topological polar surface area (TPSA) is 53.8 Å². The zero-order valence-electron chi connectivity index (χ0n) is 10.6. The van der Waals surface area contributed by atoms with E-state index < -0.39 is 10.8 Å². The molecule has 0 saturated heterocycles. The second-order valence-electron chi connectivity index (χ2n) is 4.30. The standard InChI is InChI=1S/C15H14N2OS/c1-12(7-8-16)13-9-15(11-17-10-13)19(18)14-5-3-2-4-6-14/h2-6,9-12H,7H2,1H3. The van der Waals surface area contributed by atoms with Gasteiger partial charge in [0.1, 0.15) is 0 Å². The van der Waals surface area contributed by atoms with Crippen molar-refractivity contribution in [1.82, 2.24) is 4.98 Å². The van der Waals surface area contributed by atoms with Crippen molar-refractivity contribution in [2.24, 2.45) is 0 Å². The molecule has 0 aliphatic rings. The summed E-state index contributed by atoms with van der Waals surface area (Å²) in [6, 6.07) is 13.3. The first kappa shape index (κ1) is 13.4. The fraction of sp³-hybridized carbons (Fsp3) is 0.200. The van der Waals surface area contributed by atoms with Crippen LogP contribution in [-0.2, 0) is 10.8 Å². The third-order valence-corrected chi connectivity index (χ3v) is 4.22. The van der Waals surface area contributed by atoms with Crippen molar-refractivity contribution in [3.05, 3.63) is 54.4 Å². The molecule has 0 N–H and O–H groups in total. The predicted octanol–water partition coefficient (Wildman–Crippen LogP) is 3.27. The van der Waals surface area contributed by atoms with Crippen molar-refractivity contribution in [2.45, 2.75) is 29.1 Å². The number of rotatable bonds is 4. The second-order valence-corrected chi connectivity index (χ2v) is 5.78. The Morgan fingerprint density at radius 1 is 1.26 bits per heavy atom. The molecule has 0 spiro atoms. The summed E-state index contributed by atoms with van der Waals surface area (Å²) in [6.07, 6.45) is 3.78. The van der Waals surface area contributed by atoms with Crippen LogP contribution in [0.5, 0.6) is 0 Å². The molecule has 96 valence electrons. The van der Waals surface area contributed by atoms with Crippen LogP contribution in [0.2, 0.25) is 0 Å². The van der Waals surface area contributed by atoms with Crippen molar-refractivity contribution in [3.63, 3.8) is 0 Å². The van der Waals surface area contributed by atoms with E-state index in [2.05, 4.69) is 11.1 Å². The van der Waals surface area contributed by atoms with E-state index in [4.69, 9.17) is 5.26 Å². The lowest BCUT2D eigenvalue weighted by Crippen LogP contribution is -1.98. The lowest BCUT2D eigenvalue weighted by atomic mass is 10.0. The molecule has 0 saturated carbocycles. The molecule has 0 fully saturated rings. The number of benzene rings is 1. The summed E-state index contributed by atoms with van der Waals surface area (Å²) in [5, 5.41) is 8.72. The van der Waals surface area contributed by atoms with E-state index in [1.165, 1.54) is 0 Å². The molecule has 3 nitrogen and oxygen atoms in total. The Bertz CT molecular complexity index is 620. The van der Waals surface area contributed by atoms with Gasteiger partial charge in [-0.1, -0.05) is 25.1 Å². The van der Waals surface area contributed by atoms with Crippen LogP contribution < -0.4 is 0 Å². The van der Waals surface area contributed by atoms with Crippen LogP contribution in [0, 0.1) is 11.3 Å². The molecule has 1 aromatic heterocycles. The van der Waals surface area contributed by atoms with Gasteiger partial charge in [0, 0.05) is 23.7 Å². The number of aromatic nitrogens is 1. The molecule has 2 aromatic rings. The molecule has 19 heavy (non-hydrogen) atoms. The van der Waals surface area contributed by atoms with E-state index in [-0.39, 0.29) is 5.92 Å². The first-order chi connectivity index (χ1) is 9.22. The molecule has 2 unspecified atom stereocenters. The Kier molecular flexibility index (Phi) is 4.43. The van der Waals surface area contributed by atoms with Crippen LogP contribution in [0.1, 0.15) is 24.8 Å². The first-order valence-electron chi connectivity index (χ1n) is 6.01. The molecule has 0 bridgehead atoms. The van der Waals surface area contributed by atoms with Crippen LogP contribution in [-0.4, -0.2) is 9.19 Å². The van der Waals surface area contributed by atoms with Gasteiger partial charge in [0.15, 0.2) is 0 Å². The Labute approximate surface area is 115 Å². The summed E-state index contributed by atoms with van der Waals surface area (Å²) < 4.78 is 12.4. The summed E-state index contributed by atoms with van der Waals surface area (Å²) in [7, 11) is -1.22. The highest BCUT2D eigenvalue weighted by atomic mass is 32.2. The van der Waals surface area contributed by atoms with Crippen molar-refractivity contribution in [3.8, 4) is 6.07 Å². The fourth-order valence-corrected chi connectivity index (χ4v) is 2.82. The fourth-order valence-electron chi connectivity index (χ4n) is 1.74. The second kappa shape index (κ2) is 6.26. The number of nitriles is 1. The molecular weight excluding hydrogens is 256 g/mol. The zero-order valence-corrected chi connectivity index (χ0v) is 11.4. The lowest BCUT2D eigenvalue weighted by Gasteiger charge is -2.09. The zero-order chi connectivity index (χ0) is 13.7. The van der Waals surface area contributed by atoms with E-state index >= 15 is 0 Å². The highest BCUT2D eigenvalue weighted by molar-refractivity contribution is 7.85. The van der Waals surface area contributed by atoms with Gasteiger partial charge < -0.3 is 0 Å². The quantitative estimate of drug-likeness (QED) is 0.856. The van der Waals surface area contributed by atoms with Gasteiger partial charge in [-0.3, -0.25) is 4.98 Å². The van der Waals surface area contributed by atoms with E-state index in [9.17, 15) is 4.21 Å². The number of pyridine rings is 1. The van der Waals surface area contributed by atoms with Crippen molar-refractivity contribution < 1.29 is 4.21 Å². The van der Waals surface area contributed by atoms with Crippen LogP contribution in [0.25, 0.3) is 0 Å². The summed E-state index contributed by atoms with van der Waals surface area (Å²) in [6.45, 7) is 1.97. The Morgan fingerprint density at radius 3 is 2.68 bits per heavy atom. The number of nitrogens with zero attached hydrogens (tertiary/aromatic N) is 2. The van der Waals surface area contributed by atoms with Crippen LogP contribution in [0.3, 0.4) is 0 Å². The number of hydrogen-bond donors (Lipinski definition) is 0. The largest absolute Gasteiger partial charge is 0.263 e. The van der Waals surface area contributed by atoms with E-state index in [0.717, 1.165) is 10.5 Å². The minimum atomic E-state index is -1.22. The third kappa shape index (κ3) is 3.27. The van der Waals surface area contributed by atoms with Gasteiger partial charge in [0.25, 0.3) is 0 Å². The Hall–Kier alpha value is -1.99. The van der Waals surface area contributed by atoms with Gasteiger partial charge in [0.05, 0.1) is 21.8 Å². The van der Waals surface area contributed by atoms with Crippen LogP contribution in [0.4, 0.5) is 0 Å². The minimum absolute atomic E-state index is 0.102. The molecule has 2 atom stereocenters. The molecule has 1 heterocycles. The third-order valence-electron chi connectivity index (χ3n) is 2.87. The van der Waals surface area contributed by atoms with Gasteiger partial charge >= 0.3 is 0 Å². The minimum Gasteiger partial charge on any atom is -0.263 e. The lowest BCUT2D eigenvalue weighted by molar-refractivity contribution is 0.682.